The molecule has 2 spiro atoms. The van der Waals surface area contributed by atoms with Crippen LogP contribution in [0.2, 0.25) is 0 Å². The molecule has 6 rings (SSSR count). The molecule has 0 bridgehead atoms. The number of hydrogen-bond donors (Lipinski definition) is 2. The van der Waals surface area contributed by atoms with E-state index < -0.39 is 50.2 Å². The highest BCUT2D eigenvalue weighted by atomic mass is 32.2. The van der Waals surface area contributed by atoms with Crippen LogP contribution in [-0.4, -0.2) is 72.6 Å². The van der Waals surface area contributed by atoms with Gasteiger partial charge in [-0.25, -0.2) is 4.72 Å². The second-order valence-electron chi connectivity index (χ2n) is 19.3. The lowest BCUT2D eigenvalue weighted by Gasteiger charge is -2.38. The molecule has 12 heteroatoms. The van der Waals surface area contributed by atoms with Crippen LogP contribution in [-0.2, 0) is 34.2 Å². The largest absolute Gasteiger partial charge is 0.370 e. The standard InChI is InChI=1S/C40H62N4O7S/c1-7-27-21-38(27,34(49)42-52(50,51)43-18-11-12-19-43)24-31(46)30-23-40(36(5,6)39(40)16-13-17-39)26-44(30)33(48)29(35(2,3)4)20-28(45)22-37(25-32(41)47)14-9-8-10-15-37/h7,27,29-30H,1,8-26H2,2-6H3,(H2,41,47)(H,42,49)/t27-,29-,30+,38-,40-/m1/s1. The summed E-state index contributed by atoms with van der Waals surface area (Å²) in [7, 11) is -4.04. The van der Waals surface area contributed by atoms with Gasteiger partial charge in [0, 0.05) is 56.7 Å². The molecule has 6 fully saturated rings. The van der Waals surface area contributed by atoms with E-state index in [9.17, 15) is 32.4 Å². The molecule has 3 amide bonds. The third-order valence-electron chi connectivity index (χ3n) is 15.3. The molecule has 4 aliphatic carbocycles. The van der Waals surface area contributed by atoms with E-state index in [0.717, 1.165) is 64.2 Å². The summed E-state index contributed by atoms with van der Waals surface area (Å²) in [6.07, 6.45) is 11.8. The van der Waals surface area contributed by atoms with E-state index in [2.05, 4.69) is 25.1 Å². The molecule has 290 valence electrons. The van der Waals surface area contributed by atoms with Crippen LogP contribution < -0.4 is 10.5 Å². The first-order chi connectivity index (χ1) is 24.2. The highest BCUT2D eigenvalue weighted by Crippen LogP contribution is 2.88. The number of fused-ring (bicyclic) bond motifs is 1. The fourth-order valence-corrected chi connectivity index (χ4v) is 13.0. The molecule has 0 unspecified atom stereocenters. The van der Waals surface area contributed by atoms with Gasteiger partial charge in [-0.3, -0.25) is 24.0 Å². The van der Waals surface area contributed by atoms with Crippen LogP contribution >= 0.6 is 0 Å². The Morgan fingerprint density at radius 3 is 2.02 bits per heavy atom. The molecular weight excluding hydrogens is 681 g/mol. The summed E-state index contributed by atoms with van der Waals surface area (Å²) in [5.74, 6) is -2.65. The molecule has 4 saturated carbocycles. The average Bonchev–Trinajstić information content (AvgIpc) is 3.49. The maximum atomic E-state index is 15.0. The normalized spacial score (nSPS) is 32.2. The molecule has 0 aromatic rings. The summed E-state index contributed by atoms with van der Waals surface area (Å²) in [6, 6.07) is -0.780. The second kappa shape index (κ2) is 13.3. The Morgan fingerprint density at radius 1 is 0.885 bits per heavy atom. The van der Waals surface area contributed by atoms with Gasteiger partial charge in [0.1, 0.15) is 5.78 Å². The van der Waals surface area contributed by atoms with Gasteiger partial charge in [-0.1, -0.05) is 66.4 Å². The molecule has 0 aromatic heterocycles. The predicted octanol–water partition coefficient (Wildman–Crippen LogP) is 5.23. The number of allylic oxidation sites excluding steroid dienone is 1. The lowest BCUT2D eigenvalue weighted by atomic mass is 9.67. The number of primary amides is 1. The Labute approximate surface area is 310 Å². The molecule has 6 aliphatic rings. The number of Topliss-reactive ketones (excluding diaryl/α,β-unsaturated/α-hetero) is 2. The van der Waals surface area contributed by atoms with Crippen LogP contribution in [0, 0.1) is 44.3 Å². The Balaban J connectivity index is 1.26. The number of rotatable bonds is 14. The highest BCUT2D eigenvalue weighted by Gasteiger charge is 2.85. The molecule has 11 nitrogen and oxygen atoms in total. The quantitative estimate of drug-likeness (QED) is 0.230. The molecule has 5 atom stereocenters. The van der Waals surface area contributed by atoms with Gasteiger partial charge in [0.05, 0.1) is 11.5 Å². The van der Waals surface area contributed by atoms with Crippen LogP contribution in [0.5, 0.6) is 0 Å². The zero-order valence-corrected chi connectivity index (χ0v) is 33.0. The van der Waals surface area contributed by atoms with Crippen molar-refractivity contribution in [1.82, 2.24) is 13.9 Å². The molecule has 0 aromatic carbocycles. The van der Waals surface area contributed by atoms with Crippen molar-refractivity contribution in [2.24, 2.45) is 50.1 Å². The Morgan fingerprint density at radius 2 is 1.52 bits per heavy atom. The van der Waals surface area contributed by atoms with Crippen molar-refractivity contribution in [3.63, 3.8) is 0 Å². The number of likely N-dealkylation sites (tertiary alicyclic amines) is 1. The molecule has 2 saturated heterocycles. The van der Waals surface area contributed by atoms with Crippen LogP contribution in [0.3, 0.4) is 0 Å². The maximum absolute atomic E-state index is 15.0. The van der Waals surface area contributed by atoms with E-state index in [4.69, 9.17) is 5.73 Å². The van der Waals surface area contributed by atoms with Crippen molar-refractivity contribution in [2.45, 2.75) is 143 Å². The predicted molar refractivity (Wildman–Crippen MR) is 197 cm³/mol. The summed E-state index contributed by atoms with van der Waals surface area (Å²) < 4.78 is 29.8. The van der Waals surface area contributed by atoms with E-state index in [0.29, 0.717) is 32.5 Å². The van der Waals surface area contributed by atoms with E-state index in [1.54, 1.807) is 11.0 Å². The second-order valence-corrected chi connectivity index (χ2v) is 20.9. The third-order valence-corrected chi connectivity index (χ3v) is 16.8. The molecule has 2 aliphatic heterocycles. The van der Waals surface area contributed by atoms with Gasteiger partial charge in [-0.05, 0) is 78.9 Å². The first-order valence-electron chi connectivity index (χ1n) is 19.8. The van der Waals surface area contributed by atoms with Crippen LogP contribution in [0.1, 0.15) is 137 Å². The zero-order valence-electron chi connectivity index (χ0n) is 32.2. The minimum atomic E-state index is -4.04. The molecular formula is C40H62N4O7S. The van der Waals surface area contributed by atoms with Crippen molar-refractivity contribution in [1.29, 1.82) is 0 Å². The fourth-order valence-electron chi connectivity index (χ4n) is 11.7. The summed E-state index contributed by atoms with van der Waals surface area (Å²) >= 11 is 0. The zero-order chi connectivity index (χ0) is 38.1. The minimum Gasteiger partial charge on any atom is -0.370 e. The van der Waals surface area contributed by atoms with Gasteiger partial charge in [0.2, 0.25) is 17.7 Å². The van der Waals surface area contributed by atoms with E-state index in [-0.39, 0.29) is 65.3 Å². The van der Waals surface area contributed by atoms with Gasteiger partial charge in [0.15, 0.2) is 5.78 Å². The van der Waals surface area contributed by atoms with Crippen molar-refractivity contribution < 1.29 is 32.4 Å². The topological polar surface area (TPSA) is 164 Å². The molecule has 3 N–H and O–H groups in total. The number of ketones is 2. The number of carbonyl (C=O) groups is 5. The van der Waals surface area contributed by atoms with E-state index >= 15 is 0 Å². The van der Waals surface area contributed by atoms with Crippen LogP contribution in [0.4, 0.5) is 0 Å². The molecule has 2 heterocycles. The van der Waals surface area contributed by atoms with Gasteiger partial charge in [-0.15, -0.1) is 6.58 Å². The monoisotopic (exact) mass is 742 g/mol. The van der Waals surface area contributed by atoms with E-state index in [1.807, 2.05) is 20.8 Å². The van der Waals surface area contributed by atoms with Crippen molar-refractivity contribution >= 4 is 39.5 Å². The van der Waals surface area contributed by atoms with Gasteiger partial charge in [-0.2, -0.15) is 12.7 Å². The first-order valence-corrected chi connectivity index (χ1v) is 21.2. The number of nitrogens with one attached hydrogen (secondary N) is 1. The highest BCUT2D eigenvalue weighted by molar-refractivity contribution is 7.87. The lowest BCUT2D eigenvalue weighted by molar-refractivity contribution is -0.146. The van der Waals surface area contributed by atoms with Gasteiger partial charge in [0.25, 0.3) is 0 Å². The van der Waals surface area contributed by atoms with Crippen molar-refractivity contribution in [3.8, 4) is 0 Å². The lowest BCUT2D eigenvalue weighted by Crippen LogP contribution is -2.49. The Kier molecular flexibility index (Phi) is 10.0. The number of amides is 3. The first kappa shape index (κ1) is 39.1. The Bertz CT molecular complexity index is 1620. The number of nitrogens with two attached hydrogens (primary N) is 1. The number of carbonyl (C=O) groups excluding carboxylic acids is 5. The molecule has 0 radical (unpaired) electrons. The molecule has 52 heavy (non-hydrogen) atoms. The Hall–Kier alpha value is -2.60. The summed E-state index contributed by atoms with van der Waals surface area (Å²) in [5.41, 5.74) is 3.07. The van der Waals surface area contributed by atoms with Crippen LogP contribution in [0.25, 0.3) is 0 Å². The SMILES string of the molecule is C=C[C@@H]1C[C@]1(CC(=O)[C@@H]1C[C@@]2(CN1C(=O)[C@@H](CC(=O)CC1(CC(N)=O)CCCCC1)C(C)(C)C)C(C)(C)C21CCC1)C(=O)NS(=O)(=O)N1CCCC1. The van der Waals surface area contributed by atoms with Crippen molar-refractivity contribution in [3.05, 3.63) is 12.7 Å². The maximum Gasteiger partial charge on any atom is 0.303 e. The third kappa shape index (κ3) is 6.39. The average molecular weight is 743 g/mol. The summed E-state index contributed by atoms with van der Waals surface area (Å²) in [5, 5.41) is 0. The number of nitrogens with zero attached hydrogens (tertiary/aromatic N) is 2. The van der Waals surface area contributed by atoms with E-state index in [1.165, 1.54) is 4.31 Å². The minimum absolute atomic E-state index is 0.0149. The fraction of sp³-hybridized carbons (Fsp3) is 0.825. The summed E-state index contributed by atoms with van der Waals surface area (Å²) in [4.78, 5) is 71.2. The van der Waals surface area contributed by atoms with Gasteiger partial charge < -0.3 is 10.6 Å². The summed E-state index contributed by atoms with van der Waals surface area (Å²) in [6.45, 7) is 15.4. The smallest absolute Gasteiger partial charge is 0.303 e. The van der Waals surface area contributed by atoms with Gasteiger partial charge >= 0.3 is 10.2 Å². The van der Waals surface area contributed by atoms with Crippen LogP contribution in [0.15, 0.2) is 12.7 Å². The number of hydrogen-bond acceptors (Lipinski definition) is 7. The van der Waals surface area contributed by atoms with Crippen molar-refractivity contribution in [2.75, 3.05) is 19.6 Å².